The summed E-state index contributed by atoms with van der Waals surface area (Å²) in [4.78, 5) is 50.1. The number of carbonyl (C=O) groups excluding carboxylic acids is 4. The first-order valence-electron chi connectivity index (χ1n) is 9.83. The predicted octanol–water partition coefficient (Wildman–Crippen LogP) is 2.21. The third-order valence-electron chi connectivity index (χ3n) is 5.29. The Bertz CT molecular complexity index is 1150. The second kappa shape index (κ2) is 7.95. The van der Waals surface area contributed by atoms with Crippen LogP contribution in [0.3, 0.4) is 0 Å². The van der Waals surface area contributed by atoms with Crippen LogP contribution in [-0.2, 0) is 15.1 Å². The van der Waals surface area contributed by atoms with Gasteiger partial charge in [-0.05, 0) is 42.8 Å². The van der Waals surface area contributed by atoms with E-state index in [4.69, 9.17) is 9.47 Å². The lowest BCUT2D eigenvalue weighted by Gasteiger charge is -2.25. The molecule has 2 aliphatic rings. The summed E-state index contributed by atoms with van der Waals surface area (Å²) in [7, 11) is 0. The van der Waals surface area contributed by atoms with Crippen LogP contribution in [0.5, 0.6) is 11.5 Å². The molecule has 2 N–H and O–H groups in total. The summed E-state index contributed by atoms with van der Waals surface area (Å²) >= 11 is 0. The first-order valence-corrected chi connectivity index (χ1v) is 9.83. The van der Waals surface area contributed by atoms with Crippen molar-refractivity contribution in [3.8, 4) is 11.5 Å². The van der Waals surface area contributed by atoms with Gasteiger partial charge in [0.1, 0.15) is 24.6 Å². The minimum Gasteiger partial charge on any atom is -0.486 e. The van der Waals surface area contributed by atoms with E-state index in [0.29, 0.717) is 30.3 Å². The van der Waals surface area contributed by atoms with E-state index in [1.165, 1.54) is 26.0 Å². The molecule has 2 aromatic rings. The van der Waals surface area contributed by atoms with E-state index in [0.717, 1.165) is 11.0 Å². The molecule has 2 heterocycles. The molecule has 2 aliphatic heterocycles. The molecule has 9 nitrogen and oxygen atoms in total. The fourth-order valence-electron chi connectivity index (χ4n) is 3.64. The van der Waals surface area contributed by atoms with Crippen LogP contribution in [0.25, 0.3) is 0 Å². The molecule has 1 saturated heterocycles. The van der Waals surface area contributed by atoms with Crippen molar-refractivity contribution in [2.45, 2.75) is 19.4 Å². The van der Waals surface area contributed by atoms with Crippen molar-refractivity contribution in [1.29, 1.82) is 0 Å². The average molecular weight is 441 g/mol. The van der Waals surface area contributed by atoms with Crippen LogP contribution < -0.4 is 20.1 Å². The highest BCUT2D eigenvalue weighted by atomic mass is 19.1. The van der Waals surface area contributed by atoms with E-state index >= 15 is 0 Å². The average Bonchev–Trinajstić information content (AvgIpc) is 2.97. The lowest BCUT2D eigenvalue weighted by atomic mass is 9.91. The fourth-order valence-corrected chi connectivity index (χ4v) is 3.64. The zero-order valence-corrected chi connectivity index (χ0v) is 17.4. The van der Waals surface area contributed by atoms with Crippen molar-refractivity contribution >= 4 is 29.3 Å². The maximum absolute atomic E-state index is 14.4. The second-order valence-electron chi connectivity index (χ2n) is 7.60. The largest absolute Gasteiger partial charge is 0.486 e. The number of rotatable bonds is 5. The lowest BCUT2D eigenvalue weighted by Crippen LogP contribution is -2.41. The molecule has 32 heavy (non-hydrogen) atoms. The number of fused-ring (bicyclic) bond motifs is 1. The molecule has 0 aliphatic carbocycles. The molecule has 2 aromatic carbocycles. The monoisotopic (exact) mass is 441 g/mol. The summed E-state index contributed by atoms with van der Waals surface area (Å²) < 4.78 is 25.4. The third kappa shape index (κ3) is 3.75. The van der Waals surface area contributed by atoms with Crippen LogP contribution in [0.2, 0.25) is 0 Å². The Morgan fingerprint density at radius 2 is 1.84 bits per heavy atom. The summed E-state index contributed by atoms with van der Waals surface area (Å²) in [5, 5.41) is 5.01. The van der Waals surface area contributed by atoms with Crippen LogP contribution in [-0.4, -0.2) is 48.3 Å². The number of ketones is 1. The highest BCUT2D eigenvalue weighted by molar-refractivity contribution is 6.11. The summed E-state index contributed by atoms with van der Waals surface area (Å²) in [6, 6.07) is 7.69. The molecule has 4 rings (SSSR count). The van der Waals surface area contributed by atoms with E-state index in [-0.39, 0.29) is 17.2 Å². The zero-order chi connectivity index (χ0) is 23.0. The van der Waals surface area contributed by atoms with Gasteiger partial charge in [-0.25, -0.2) is 9.18 Å². The van der Waals surface area contributed by atoms with Crippen molar-refractivity contribution in [1.82, 2.24) is 10.2 Å². The molecular weight excluding hydrogens is 421 g/mol. The van der Waals surface area contributed by atoms with Crippen LogP contribution in [0, 0.1) is 5.82 Å². The number of carbonyl (C=O) groups is 4. The van der Waals surface area contributed by atoms with Gasteiger partial charge < -0.3 is 20.1 Å². The van der Waals surface area contributed by atoms with Crippen molar-refractivity contribution in [2.75, 3.05) is 25.1 Å². The van der Waals surface area contributed by atoms with Gasteiger partial charge in [-0.15, -0.1) is 0 Å². The molecule has 166 valence electrons. The van der Waals surface area contributed by atoms with Gasteiger partial charge in [-0.1, -0.05) is 6.07 Å². The van der Waals surface area contributed by atoms with Crippen molar-refractivity contribution in [3.05, 3.63) is 53.3 Å². The highest BCUT2D eigenvalue weighted by Crippen LogP contribution is 2.37. The predicted molar refractivity (Wildman–Crippen MR) is 110 cm³/mol. The Morgan fingerprint density at radius 1 is 1.12 bits per heavy atom. The van der Waals surface area contributed by atoms with Gasteiger partial charge in [0.2, 0.25) is 5.91 Å². The number of nitrogens with zero attached hydrogens (tertiary/aromatic N) is 1. The molecule has 0 unspecified atom stereocenters. The number of imide groups is 1. The van der Waals surface area contributed by atoms with Gasteiger partial charge in [-0.3, -0.25) is 19.3 Å². The molecule has 1 atom stereocenters. The Labute approximate surface area is 182 Å². The summed E-state index contributed by atoms with van der Waals surface area (Å²) in [6.07, 6.45) is 0. The number of ether oxygens (including phenoxy) is 2. The molecule has 0 saturated carbocycles. The van der Waals surface area contributed by atoms with E-state index in [1.807, 2.05) is 0 Å². The van der Waals surface area contributed by atoms with Gasteiger partial charge in [0.25, 0.3) is 5.91 Å². The lowest BCUT2D eigenvalue weighted by molar-refractivity contribution is -0.130. The number of anilines is 1. The minimum atomic E-state index is -1.43. The minimum absolute atomic E-state index is 0.188. The maximum Gasteiger partial charge on any atom is 0.325 e. The Kier molecular flexibility index (Phi) is 5.29. The molecule has 0 spiro atoms. The van der Waals surface area contributed by atoms with Gasteiger partial charge in [-0.2, -0.15) is 0 Å². The number of hydrogen-bond donors (Lipinski definition) is 2. The molecule has 0 bridgehead atoms. The Balaban J connectivity index is 1.54. The smallest absolute Gasteiger partial charge is 0.325 e. The van der Waals surface area contributed by atoms with Crippen LogP contribution >= 0.6 is 0 Å². The topological polar surface area (TPSA) is 114 Å². The number of nitrogens with one attached hydrogen (secondary N) is 2. The number of halogens is 1. The van der Waals surface area contributed by atoms with Gasteiger partial charge in [0.05, 0.1) is 12.1 Å². The SMILES string of the molecule is CC(=O)Nc1ccc(C(=O)CN2C(=O)N[C@@](C)(c3ccc4c(c3)OCCO4)C2=O)c(F)c1. The van der Waals surface area contributed by atoms with Gasteiger partial charge in [0.15, 0.2) is 17.3 Å². The second-order valence-corrected chi connectivity index (χ2v) is 7.60. The van der Waals surface area contributed by atoms with Crippen molar-refractivity contribution < 1.29 is 33.0 Å². The first-order chi connectivity index (χ1) is 15.2. The molecule has 0 aromatic heterocycles. The summed E-state index contributed by atoms with van der Waals surface area (Å²) in [6.45, 7) is 2.93. The van der Waals surface area contributed by atoms with Crippen LogP contribution in [0.15, 0.2) is 36.4 Å². The molecule has 4 amide bonds. The highest BCUT2D eigenvalue weighted by Gasteiger charge is 2.50. The van der Waals surface area contributed by atoms with Crippen molar-refractivity contribution in [3.63, 3.8) is 0 Å². The summed E-state index contributed by atoms with van der Waals surface area (Å²) in [5.41, 5.74) is -1.08. The van der Waals surface area contributed by atoms with Crippen LogP contribution in [0.4, 0.5) is 14.9 Å². The van der Waals surface area contributed by atoms with E-state index in [2.05, 4.69) is 10.6 Å². The Morgan fingerprint density at radius 3 is 2.53 bits per heavy atom. The summed E-state index contributed by atoms with van der Waals surface area (Å²) in [5.74, 6) is -1.68. The van der Waals surface area contributed by atoms with Gasteiger partial charge in [0, 0.05) is 12.6 Å². The Hall–Kier alpha value is -3.95. The van der Waals surface area contributed by atoms with E-state index in [1.54, 1.807) is 18.2 Å². The fraction of sp³-hybridized carbons (Fsp3) is 0.273. The molecule has 0 radical (unpaired) electrons. The molecular formula is C22H20FN3O6. The maximum atomic E-state index is 14.4. The standard InChI is InChI=1S/C22H20FN3O6/c1-12(27)24-14-4-5-15(16(23)10-14)17(28)11-26-20(29)22(2,25-21(26)30)13-3-6-18-19(9-13)32-8-7-31-18/h3-6,9-10H,7-8,11H2,1-2H3,(H,24,27)(H,25,30)/t22-/m0/s1. The number of urea groups is 1. The van der Waals surface area contributed by atoms with E-state index in [9.17, 15) is 23.6 Å². The molecule has 10 heteroatoms. The third-order valence-corrected chi connectivity index (χ3v) is 5.29. The van der Waals surface area contributed by atoms with Crippen LogP contribution in [0.1, 0.15) is 29.8 Å². The first kappa shape index (κ1) is 21.3. The van der Waals surface area contributed by atoms with E-state index < -0.39 is 35.6 Å². The molecule has 1 fully saturated rings. The zero-order valence-electron chi connectivity index (χ0n) is 17.4. The quantitative estimate of drug-likeness (QED) is 0.543. The number of amides is 4. The van der Waals surface area contributed by atoms with Crippen molar-refractivity contribution in [2.24, 2.45) is 0 Å². The number of hydrogen-bond acceptors (Lipinski definition) is 6. The number of Topliss-reactive ketones (excluding diaryl/α,β-unsaturated/α-hetero) is 1. The normalized spacial score (nSPS) is 19.5. The van der Waals surface area contributed by atoms with Gasteiger partial charge >= 0.3 is 6.03 Å². The number of benzene rings is 2.